The van der Waals surface area contributed by atoms with Gasteiger partial charge in [0.05, 0.1) is 28.1 Å². The van der Waals surface area contributed by atoms with E-state index in [1.807, 2.05) is 0 Å². The Morgan fingerprint density at radius 2 is 1.95 bits per heavy atom. The Morgan fingerprint density at radius 3 is 2.52 bits per heavy atom. The van der Waals surface area contributed by atoms with E-state index in [0.717, 1.165) is 0 Å². The minimum atomic E-state index is -2.93. The van der Waals surface area contributed by atoms with Gasteiger partial charge in [-0.25, -0.2) is 5.09 Å². The second-order valence-corrected chi connectivity index (χ2v) is 8.17. The molecule has 118 valence electrons. The van der Waals surface area contributed by atoms with Crippen molar-refractivity contribution in [2.24, 2.45) is 0 Å². The Hall–Kier alpha value is -0.0700. The number of hydrogen-bond donors (Lipinski definition) is 2. The van der Waals surface area contributed by atoms with E-state index < -0.39 is 12.6 Å². The molecule has 0 aliphatic heterocycles. The van der Waals surface area contributed by atoms with E-state index in [4.69, 9.17) is 60.8 Å². The predicted octanol–water partition coefficient (Wildman–Crippen LogP) is 4.35. The fourth-order valence-electron chi connectivity index (χ4n) is 1.28. The Kier molecular flexibility index (Phi) is 7.71. The monoisotopic (exact) mass is 391 g/mol. The maximum absolute atomic E-state index is 10.5. The van der Waals surface area contributed by atoms with Crippen LogP contribution in [0.15, 0.2) is 12.1 Å². The highest BCUT2D eigenvalue weighted by molar-refractivity contribution is 8.09. The fourth-order valence-corrected chi connectivity index (χ4v) is 4.08. The summed E-state index contributed by atoms with van der Waals surface area (Å²) in [7, 11) is 0. The van der Waals surface area contributed by atoms with Crippen LogP contribution < -0.4 is 9.61 Å². The highest BCUT2D eigenvalue weighted by atomic mass is 35.5. The smallest absolute Gasteiger partial charge is 0.312 e. The zero-order valence-electron chi connectivity index (χ0n) is 10.9. The van der Waals surface area contributed by atoms with Crippen molar-refractivity contribution in [2.45, 2.75) is 13.3 Å². The molecule has 21 heavy (non-hydrogen) atoms. The third-order valence-corrected chi connectivity index (χ3v) is 5.73. The number of carboxylic acids is 1. The summed E-state index contributed by atoms with van der Waals surface area (Å²) in [5, 5.41) is 12.2. The molecular weight excluding hydrogens is 380 g/mol. The van der Waals surface area contributed by atoms with E-state index in [9.17, 15) is 4.79 Å². The molecule has 0 aromatic heterocycles. The van der Waals surface area contributed by atoms with Crippen LogP contribution in [0.2, 0.25) is 15.1 Å². The van der Waals surface area contributed by atoms with Crippen LogP contribution in [0.3, 0.4) is 0 Å². The van der Waals surface area contributed by atoms with Gasteiger partial charge in [-0.2, -0.15) is 0 Å². The first kappa shape index (κ1) is 19.0. The summed E-state index contributed by atoms with van der Waals surface area (Å²) in [4.78, 5) is 10.5. The molecule has 1 unspecified atom stereocenters. The molecule has 0 aliphatic carbocycles. The zero-order chi connectivity index (χ0) is 16.0. The Bertz CT molecular complexity index is 573. The number of rotatable bonds is 8. The lowest BCUT2D eigenvalue weighted by molar-refractivity contribution is -0.136. The topological polar surface area (TPSA) is 67.8 Å². The first-order chi connectivity index (χ1) is 9.77. The minimum absolute atomic E-state index is 0.107. The lowest BCUT2D eigenvalue weighted by Gasteiger charge is -2.23. The van der Waals surface area contributed by atoms with Crippen molar-refractivity contribution >= 4 is 59.2 Å². The Morgan fingerprint density at radius 1 is 1.33 bits per heavy atom. The van der Waals surface area contributed by atoms with Crippen LogP contribution in [0.25, 0.3) is 0 Å². The van der Waals surface area contributed by atoms with Crippen LogP contribution in [0, 0.1) is 0 Å². The summed E-state index contributed by atoms with van der Waals surface area (Å²) >= 11 is 23.1. The number of nitrogens with one attached hydrogen (secondary N) is 1. The molecule has 0 saturated carbocycles. The van der Waals surface area contributed by atoms with E-state index in [1.54, 1.807) is 6.92 Å². The summed E-state index contributed by atoms with van der Waals surface area (Å²) in [5.74, 6) is -0.723. The van der Waals surface area contributed by atoms with Gasteiger partial charge in [0.25, 0.3) is 0 Å². The molecule has 0 fully saturated rings. The van der Waals surface area contributed by atoms with Crippen molar-refractivity contribution in [1.29, 1.82) is 0 Å². The highest BCUT2D eigenvalue weighted by Gasteiger charge is 2.22. The molecular formula is C11H13Cl3NO4PS. The van der Waals surface area contributed by atoms with E-state index in [0.29, 0.717) is 6.61 Å². The molecule has 1 aromatic carbocycles. The number of benzene rings is 1. The van der Waals surface area contributed by atoms with Crippen LogP contribution in [0.5, 0.6) is 5.75 Å². The third kappa shape index (κ3) is 6.28. The van der Waals surface area contributed by atoms with Crippen molar-refractivity contribution in [3.05, 3.63) is 27.2 Å². The molecule has 0 bridgehead atoms. The van der Waals surface area contributed by atoms with Crippen molar-refractivity contribution in [2.75, 3.05) is 13.2 Å². The molecule has 0 aliphatic rings. The molecule has 0 radical (unpaired) electrons. The van der Waals surface area contributed by atoms with Crippen LogP contribution in [0.1, 0.15) is 13.3 Å². The second-order valence-electron chi connectivity index (χ2n) is 3.76. The predicted molar refractivity (Wildman–Crippen MR) is 88.3 cm³/mol. The van der Waals surface area contributed by atoms with E-state index >= 15 is 0 Å². The first-order valence-corrected chi connectivity index (χ1v) is 9.60. The molecule has 1 atom stereocenters. The molecule has 1 rings (SSSR count). The summed E-state index contributed by atoms with van der Waals surface area (Å²) < 4.78 is 11.0. The molecule has 0 heterocycles. The lowest BCUT2D eigenvalue weighted by atomic mass is 10.3. The van der Waals surface area contributed by atoms with Gasteiger partial charge in [-0.1, -0.05) is 34.8 Å². The van der Waals surface area contributed by atoms with E-state index in [1.165, 1.54) is 12.1 Å². The third-order valence-electron chi connectivity index (χ3n) is 2.14. The van der Waals surface area contributed by atoms with Crippen LogP contribution in [0.4, 0.5) is 0 Å². The minimum Gasteiger partial charge on any atom is -0.481 e. The van der Waals surface area contributed by atoms with Crippen molar-refractivity contribution in [3.8, 4) is 5.75 Å². The summed E-state index contributed by atoms with van der Waals surface area (Å²) in [5.41, 5.74) is 0. The van der Waals surface area contributed by atoms with E-state index in [2.05, 4.69) is 5.09 Å². The summed E-state index contributed by atoms with van der Waals surface area (Å²) in [6.07, 6.45) is -0.107. The van der Waals surface area contributed by atoms with Crippen LogP contribution in [-0.4, -0.2) is 24.2 Å². The number of aliphatic carboxylic acids is 1. The SMILES string of the molecule is CCOP(=S)(NCCC(=O)O)Oc1cc(Cl)c(Cl)cc1Cl. The maximum atomic E-state index is 10.5. The Balaban J connectivity index is 2.89. The molecule has 0 saturated heterocycles. The number of carboxylic acid groups (broad SMARTS) is 1. The standard InChI is InChI=1S/C11H13Cl3NO4PS/c1-2-18-20(21,15-4-3-11(16)17)19-10-6-8(13)7(12)5-9(10)14/h5-6H,2-4H2,1H3,(H,15,21)(H,16,17). The van der Waals surface area contributed by atoms with Gasteiger partial charge in [0.2, 0.25) is 0 Å². The van der Waals surface area contributed by atoms with Gasteiger partial charge in [-0.3, -0.25) is 4.79 Å². The number of halogens is 3. The van der Waals surface area contributed by atoms with Gasteiger partial charge in [0, 0.05) is 12.6 Å². The largest absolute Gasteiger partial charge is 0.481 e. The van der Waals surface area contributed by atoms with Gasteiger partial charge < -0.3 is 14.2 Å². The molecule has 0 amide bonds. The van der Waals surface area contributed by atoms with Crippen LogP contribution >= 0.6 is 41.4 Å². The van der Waals surface area contributed by atoms with Crippen LogP contribution in [-0.2, 0) is 21.1 Å². The van der Waals surface area contributed by atoms with Crippen molar-refractivity contribution in [1.82, 2.24) is 5.09 Å². The van der Waals surface area contributed by atoms with Gasteiger partial charge in [-0.05, 0) is 24.8 Å². The molecule has 5 nitrogen and oxygen atoms in total. The fraction of sp³-hybridized carbons (Fsp3) is 0.364. The van der Waals surface area contributed by atoms with Crippen molar-refractivity contribution < 1.29 is 18.9 Å². The van der Waals surface area contributed by atoms with E-state index in [-0.39, 0.29) is 33.8 Å². The molecule has 0 spiro atoms. The lowest BCUT2D eigenvalue weighted by Crippen LogP contribution is -2.20. The highest BCUT2D eigenvalue weighted by Crippen LogP contribution is 2.47. The normalized spacial score (nSPS) is 13.7. The van der Waals surface area contributed by atoms with Gasteiger partial charge >= 0.3 is 12.6 Å². The molecule has 2 N–H and O–H groups in total. The zero-order valence-corrected chi connectivity index (χ0v) is 14.9. The average Bonchev–Trinajstić information content (AvgIpc) is 2.35. The number of hydrogen-bond acceptors (Lipinski definition) is 4. The number of carbonyl (C=O) groups is 1. The first-order valence-electron chi connectivity index (χ1n) is 5.83. The van der Waals surface area contributed by atoms with Gasteiger partial charge in [0.15, 0.2) is 0 Å². The molecule has 1 aromatic rings. The Labute approximate surface area is 142 Å². The summed E-state index contributed by atoms with van der Waals surface area (Å²) in [6.45, 7) is -0.757. The second kappa shape index (κ2) is 8.53. The van der Waals surface area contributed by atoms with Crippen molar-refractivity contribution in [3.63, 3.8) is 0 Å². The average molecular weight is 393 g/mol. The van der Waals surface area contributed by atoms with Gasteiger partial charge in [0.1, 0.15) is 5.75 Å². The molecule has 10 heteroatoms. The summed E-state index contributed by atoms with van der Waals surface area (Å²) in [6, 6.07) is 2.87. The van der Waals surface area contributed by atoms with Gasteiger partial charge in [-0.15, -0.1) is 0 Å². The maximum Gasteiger partial charge on any atom is 0.312 e. The quantitative estimate of drug-likeness (QED) is 0.506.